The molecule has 0 heterocycles. The van der Waals surface area contributed by atoms with Gasteiger partial charge in [0, 0.05) is 0 Å². The zero-order chi connectivity index (χ0) is 12.3. The van der Waals surface area contributed by atoms with Crippen molar-refractivity contribution in [2.24, 2.45) is 0 Å². The second kappa shape index (κ2) is 4.99. The van der Waals surface area contributed by atoms with Gasteiger partial charge >= 0.3 is 5.97 Å². The molecule has 1 aromatic carbocycles. The van der Waals surface area contributed by atoms with E-state index in [9.17, 15) is 9.59 Å². The van der Waals surface area contributed by atoms with Gasteiger partial charge in [-0.05, 0) is 26.0 Å². The van der Waals surface area contributed by atoms with Crippen LogP contribution in [-0.4, -0.2) is 23.0 Å². The maximum Gasteiger partial charge on any atom is 0.325 e. The van der Waals surface area contributed by atoms with Crippen molar-refractivity contribution in [2.45, 2.75) is 19.9 Å². The molecular formula is C11H12ClNO3. The minimum absolute atomic E-state index is 0.287. The number of carboxylic acid groups (broad SMARTS) is 1. The third-order valence-corrected chi connectivity index (χ3v) is 2.41. The molecule has 0 aliphatic carbocycles. The van der Waals surface area contributed by atoms with Crippen LogP contribution in [0.4, 0.5) is 0 Å². The monoisotopic (exact) mass is 241 g/mol. The van der Waals surface area contributed by atoms with E-state index in [-0.39, 0.29) is 5.56 Å². The molecule has 16 heavy (non-hydrogen) atoms. The summed E-state index contributed by atoms with van der Waals surface area (Å²) in [7, 11) is 0. The highest BCUT2D eigenvalue weighted by Gasteiger charge is 2.17. The summed E-state index contributed by atoms with van der Waals surface area (Å²) in [5, 5.41) is 11.3. The number of aliphatic carboxylic acids is 1. The summed E-state index contributed by atoms with van der Waals surface area (Å²) in [6.45, 7) is 3.22. The van der Waals surface area contributed by atoms with Crippen LogP contribution < -0.4 is 5.32 Å². The molecule has 0 bridgehead atoms. The number of nitrogens with one attached hydrogen (secondary N) is 1. The van der Waals surface area contributed by atoms with Crippen LogP contribution in [-0.2, 0) is 4.79 Å². The summed E-state index contributed by atoms with van der Waals surface area (Å²) in [4.78, 5) is 22.2. The Labute approximate surface area is 98.2 Å². The summed E-state index contributed by atoms with van der Waals surface area (Å²) < 4.78 is 0. The number of carboxylic acids is 1. The molecule has 2 N–H and O–H groups in total. The Morgan fingerprint density at radius 2 is 2.06 bits per heavy atom. The van der Waals surface area contributed by atoms with Gasteiger partial charge in [-0.25, -0.2) is 0 Å². The largest absolute Gasteiger partial charge is 0.480 e. The second-order valence-electron chi connectivity index (χ2n) is 3.52. The average molecular weight is 242 g/mol. The lowest BCUT2D eigenvalue weighted by atomic mass is 10.1. The molecule has 0 spiro atoms. The lowest BCUT2D eigenvalue weighted by Gasteiger charge is -2.10. The summed E-state index contributed by atoms with van der Waals surface area (Å²) in [5.74, 6) is -1.57. The van der Waals surface area contributed by atoms with Gasteiger partial charge in [0.25, 0.3) is 5.91 Å². The zero-order valence-corrected chi connectivity index (χ0v) is 9.71. The normalized spacial score (nSPS) is 11.9. The molecule has 0 aliphatic rings. The Morgan fingerprint density at radius 1 is 1.44 bits per heavy atom. The maximum atomic E-state index is 11.7. The number of rotatable bonds is 3. The predicted octanol–water partition coefficient (Wildman–Crippen LogP) is 1.85. The van der Waals surface area contributed by atoms with E-state index in [0.29, 0.717) is 5.02 Å². The van der Waals surface area contributed by atoms with E-state index in [1.54, 1.807) is 18.2 Å². The minimum Gasteiger partial charge on any atom is -0.480 e. The molecule has 0 radical (unpaired) electrons. The second-order valence-corrected chi connectivity index (χ2v) is 3.92. The molecule has 0 aromatic heterocycles. The predicted molar refractivity (Wildman–Crippen MR) is 60.8 cm³/mol. The van der Waals surface area contributed by atoms with Gasteiger partial charge in [-0.3, -0.25) is 9.59 Å². The Hall–Kier alpha value is -1.55. The number of amides is 1. The average Bonchev–Trinajstić information content (AvgIpc) is 2.21. The highest BCUT2D eigenvalue weighted by Crippen LogP contribution is 2.17. The first kappa shape index (κ1) is 12.5. The number of aryl methyl sites for hydroxylation is 1. The molecule has 5 heteroatoms. The first-order chi connectivity index (χ1) is 7.41. The van der Waals surface area contributed by atoms with Crippen LogP contribution in [0.2, 0.25) is 5.02 Å². The number of halogens is 1. The highest BCUT2D eigenvalue weighted by molar-refractivity contribution is 6.33. The van der Waals surface area contributed by atoms with Crippen molar-refractivity contribution < 1.29 is 14.7 Å². The summed E-state index contributed by atoms with van der Waals surface area (Å²) in [5.41, 5.74) is 1.17. The molecule has 0 saturated heterocycles. The number of carbonyl (C=O) groups is 2. The van der Waals surface area contributed by atoms with Crippen molar-refractivity contribution in [2.75, 3.05) is 0 Å². The molecule has 4 nitrogen and oxygen atoms in total. The van der Waals surface area contributed by atoms with Gasteiger partial charge in [0.2, 0.25) is 0 Å². The van der Waals surface area contributed by atoms with Gasteiger partial charge in [0.15, 0.2) is 0 Å². The molecule has 1 rings (SSSR count). The van der Waals surface area contributed by atoms with E-state index < -0.39 is 17.9 Å². The fourth-order valence-electron chi connectivity index (χ4n) is 1.15. The third-order valence-electron chi connectivity index (χ3n) is 2.08. The van der Waals surface area contributed by atoms with Gasteiger partial charge in [0.05, 0.1) is 10.6 Å². The van der Waals surface area contributed by atoms with Crippen LogP contribution in [0, 0.1) is 6.92 Å². The molecule has 0 saturated carbocycles. The van der Waals surface area contributed by atoms with Gasteiger partial charge < -0.3 is 10.4 Å². The Kier molecular flexibility index (Phi) is 3.90. The van der Waals surface area contributed by atoms with Crippen molar-refractivity contribution in [3.63, 3.8) is 0 Å². The fourth-order valence-corrected chi connectivity index (χ4v) is 1.35. The van der Waals surface area contributed by atoms with Crippen molar-refractivity contribution >= 4 is 23.5 Å². The number of benzene rings is 1. The van der Waals surface area contributed by atoms with Gasteiger partial charge in [-0.15, -0.1) is 0 Å². The summed E-state index contributed by atoms with van der Waals surface area (Å²) >= 11 is 5.85. The quantitative estimate of drug-likeness (QED) is 0.849. The SMILES string of the molecule is Cc1ccc(Cl)c(C(=O)NC(C)C(=O)O)c1. The van der Waals surface area contributed by atoms with Crippen molar-refractivity contribution in [1.29, 1.82) is 0 Å². The number of hydrogen-bond acceptors (Lipinski definition) is 2. The molecule has 1 aromatic rings. The highest BCUT2D eigenvalue weighted by atomic mass is 35.5. The number of carbonyl (C=O) groups excluding carboxylic acids is 1. The lowest BCUT2D eigenvalue weighted by Crippen LogP contribution is -2.38. The minimum atomic E-state index is -1.09. The van der Waals surface area contributed by atoms with Crippen molar-refractivity contribution in [1.82, 2.24) is 5.32 Å². The Bertz CT molecular complexity index is 431. The molecule has 1 amide bonds. The lowest BCUT2D eigenvalue weighted by molar-refractivity contribution is -0.138. The van der Waals surface area contributed by atoms with E-state index in [1.807, 2.05) is 6.92 Å². The van der Waals surface area contributed by atoms with Crippen molar-refractivity contribution in [3.05, 3.63) is 34.3 Å². The standard InChI is InChI=1S/C11H12ClNO3/c1-6-3-4-9(12)8(5-6)10(14)13-7(2)11(15)16/h3-5,7H,1-2H3,(H,13,14)(H,15,16). The molecule has 1 unspecified atom stereocenters. The van der Waals surface area contributed by atoms with Crippen LogP contribution >= 0.6 is 11.6 Å². The molecular weight excluding hydrogens is 230 g/mol. The first-order valence-corrected chi connectivity index (χ1v) is 5.09. The van der Waals surface area contributed by atoms with Crippen LogP contribution in [0.3, 0.4) is 0 Å². The van der Waals surface area contributed by atoms with E-state index in [0.717, 1.165) is 5.56 Å². The van der Waals surface area contributed by atoms with Crippen LogP contribution in [0.1, 0.15) is 22.8 Å². The molecule has 0 fully saturated rings. The molecule has 1 atom stereocenters. The maximum absolute atomic E-state index is 11.7. The smallest absolute Gasteiger partial charge is 0.325 e. The summed E-state index contributed by atoms with van der Waals surface area (Å²) in [6.07, 6.45) is 0. The van der Waals surface area contributed by atoms with Gasteiger partial charge in [-0.1, -0.05) is 23.2 Å². The van der Waals surface area contributed by atoms with Crippen LogP contribution in [0.15, 0.2) is 18.2 Å². The van der Waals surface area contributed by atoms with Crippen LogP contribution in [0.5, 0.6) is 0 Å². The summed E-state index contributed by atoms with van der Waals surface area (Å²) in [6, 6.07) is 4.06. The van der Waals surface area contributed by atoms with Gasteiger partial charge in [-0.2, -0.15) is 0 Å². The Morgan fingerprint density at radius 3 is 2.62 bits per heavy atom. The van der Waals surface area contributed by atoms with E-state index in [1.165, 1.54) is 6.92 Å². The van der Waals surface area contributed by atoms with Gasteiger partial charge in [0.1, 0.15) is 6.04 Å². The first-order valence-electron chi connectivity index (χ1n) is 4.71. The van der Waals surface area contributed by atoms with E-state index in [4.69, 9.17) is 16.7 Å². The molecule has 0 aliphatic heterocycles. The zero-order valence-electron chi connectivity index (χ0n) is 8.95. The Balaban J connectivity index is 2.88. The van der Waals surface area contributed by atoms with E-state index >= 15 is 0 Å². The topological polar surface area (TPSA) is 66.4 Å². The van der Waals surface area contributed by atoms with Crippen LogP contribution in [0.25, 0.3) is 0 Å². The van der Waals surface area contributed by atoms with E-state index in [2.05, 4.69) is 5.32 Å². The van der Waals surface area contributed by atoms with Crippen molar-refractivity contribution in [3.8, 4) is 0 Å². The molecule has 86 valence electrons. The number of hydrogen-bond donors (Lipinski definition) is 2. The third kappa shape index (κ3) is 2.97. The fraction of sp³-hybridized carbons (Fsp3) is 0.273.